The summed E-state index contributed by atoms with van der Waals surface area (Å²) in [7, 11) is 0. The van der Waals surface area contributed by atoms with Crippen LogP contribution in [0.1, 0.15) is 51.2 Å². The van der Waals surface area contributed by atoms with Crippen LogP contribution in [0.3, 0.4) is 0 Å². The number of hydrogen-bond donors (Lipinski definition) is 3. The molecule has 3 N–H and O–H groups in total. The molecule has 0 fully saturated rings. The zero-order valence-electron chi connectivity index (χ0n) is 22.1. The monoisotopic (exact) mass is 543 g/mol. The lowest BCUT2D eigenvalue weighted by Gasteiger charge is -2.39. The molecule has 1 aliphatic carbocycles. The number of benzene rings is 2. The first-order valence-electron chi connectivity index (χ1n) is 12.8. The van der Waals surface area contributed by atoms with Gasteiger partial charge in [-0.3, -0.25) is 9.59 Å². The Kier molecular flexibility index (Phi) is 11.5. The molecule has 0 aromatic heterocycles. The Hall–Kier alpha value is -2.32. The predicted molar refractivity (Wildman–Crippen MR) is 152 cm³/mol. The summed E-state index contributed by atoms with van der Waals surface area (Å²) in [5.74, 6) is -0.256. The fourth-order valence-electron chi connectivity index (χ4n) is 4.47. The quantitative estimate of drug-likeness (QED) is 0.319. The summed E-state index contributed by atoms with van der Waals surface area (Å²) in [4.78, 5) is 26.6. The second-order valence-electron chi connectivity index (χ2n) is 9.31. The van der Waals surface area contributed by atoms with E-state index in [1.54, 1.807) is 11.8 Å². The van der Waals surface area contributed by atoms with Gasteiger partial charge in [-0.1, -0.05) is 49.7 Å². The molecule has 1 aliphatic rings. The smallest absolute Gasteiger partial charge is 0.247 e. The Balaban J connectivity index is 1.80. The third-order valence-electron chi connectivity index (χ3n) is 6.61. The summed E-state index contributed by atoms with van der Waals surface area (Å²) in [5, 5.41) is 10.4. The summed E-state index contributed by atoms with van der Waals surface area (Å²) >= 11 is 7.69. The summed E-state index contributed by atoms with van der Waals surface area (Å²) in [6, 6.07) is 15.3. The minimum atomic E-state index is -0.421. The van der Waals surface area contributed by atoms with E-state index in [2.05, 4.69) is 60.3 Å². The number of ether oxygens (including phenoxy) is 1. The lowest BCUT2D eigenvalue weighted by atomic mass is 9.86. The van der Waals surface area contributed by atoms with Crippen molar-refractivity contribution in [2.45, 2.75) is 82.3 Å². The average Bonchev–Trinajstić information content (AvgIpc) is 2.91. The van der Waals surface area contributed by atoms with E-state index in [-0.39, 0.29) is 30.0 Å². The van der Waals surface area contributed by atoms with E-state index in [1.807, 2.05) is 30.3 Å². The second-order valence-corrected chi connectivity index (χ2v) is 10.6. The summed E-state index contributed by atoms with van der Waals surface area (Å²) in [5.41, 5.74) is 2.76. The SMILES string of the molecule is CCC(CC)O[C@@H]1C=C(C(=O)NCc2ccc(Cl)cc2)C[C@H](NCc2ccc(SC)cc2)[C@H]1NC(C)=O. The summed E-state index contributed by atoms with van der Waals surface area (Å²) in [6.45, 7) is 6.71. The molecule has 0 saturated heterocycles. The van der Waals surface area contributed by atoms with Crippen LogP contribution < -0.4 is 16.0 Å². The molecule has 8 heteroatoms. The Labute approximate surface area is 230 Å². The van der Waals surface area contributed by atoms with Crippen LogP contribution in [0.4, 0.5) is 0 Å². The first-order valence-corrected chi connectivity index (χ1v) is 14.4. The van der Waals surface area contributed by atoms with Crippen molar-refractivity contribution in [2.75, 3.05) is 6.26 Å². The van der Waals surface area contributed by atoms with Crippen molar-refractivity contribution in [1.82, 2.24) is 16.0 Å². The van der Waals surface area contributed by atoms with E-state index < -0.39 is 6.10 Å². The highest BCUT2D eigenvalue weighted by atomic mass is 35.5. The van der Waals surface area contributed by atoms with Crippen molar-refractivity contribution in [3.63, 3.8) is 0 Å². The van der Waals surface area contributed by atoms with Crippen molar-refractivity contribution in [1.29, 1.82) is 0 Å². The molecule has 200 valence electrons. The Morgan fingerprint density at radius 3 is 2.24 bits per heavy atom. The molecule has 0 spiro atoms. The van der Waals surface area contributed by atoms with E-state index in [1.165, 1.54) is 11.8 Å². The third-order valence-corrected chi connectivity index (χ3v) is 7.60. The number of carbonyl (C=O) groups excluding carboxylic acids is 2. The maximum Gasteiger partial charge on any atom is 0.247 e. The van der Waals surface area contributed by atoms with E-state index >= 15 is 0 Å². The summed E-state index contributed by atoms with van der Waals surface area (Å²) in [6.07, 6.45) is 5.74. The molecule has 0 saturated carbocycles. The van der Waals surface area contributed by atoms with Crippen LogP contribution in [0.5, 0.6) is 0 Å². The molecule has 2 aromatic carbocycles. The van der Waals surface area contributed by atoms with Gasteiger partial charge in [0, 0.05) is 41.5 Å². The third kappa shape index (κ3) is 8.88. The average molecular weight is 544 g/mol. The van der Waals surface area contributed by atoms with Crippen LogP contribution in [-0.2, 0) is 27.4 Å². The largest absolute Gasteiger partial charge is 0.369 e. The lowest BCUT2D eigenvalue weighted by Crippen LogP contribution is -2.58. The van der Waals surface area contributed by atoms with Crippen molar-refractivity contribution in [3.8, 4) is 0 Å². The normalized spacial score (nSPS) is 19.4. The van der Waals surface area contributed by atoms with Gasteiger partial charge in [0.25, 0.3) is 0 Å². The molecule has 3 rings (SSSR count). The van der Waals surface area contributed by atoms with Gasteiger partial charge in [0.1, 0.15) is 0 Å². The van der Waals surface area contributed by atoms with Crippen LogP contribution >= 0.6 is 23.4 Å². The number of thioether (sulfide) groups is 1. The molecular weight excluding hydrogens is 506 g/mol. The highest BCUT2D eigenvalue weighted by Gasteiger charge is 2.37. The topological polar surface area (TPSA) is 79.5 Å². The van der Waals surface area contributed by atoms with Crippen molar-refractivity contribution in [3.05, 3.63) is 76.3 Å². The van der Waals surface area contributed by atoms with E-state index in [0.717, 1.165) is 24.0 Å². The van der Waals surface area contributed by atoms with Crippen LogP contribution in [0.2, 0.25) is 5.02 Å². The van der Waals surface area contributed by atoms with Crippen molar-refractivity contribution < 1.29 is 14.3 Å². The van der Waals surface area contributed by atoms with Gasteiger partial charge in [0.15, 0.2) is 0 Å². The molecule has 2 aromatic rings. The van der Waals surface area contributed by atoms with Gasteiger partial charge < -0.3 is 20.7 Å². The predicted octanol–water partition coefficient (Wildman–Crippen LogP) is 5.25. The molecule has 37 heavy (non-hydrogen) atoms. The molecular formula is C29H38ClN3O3S. The molecule has 3 atom stereocenters. The fraction of sp³-hybridized carbons (Fsp3) is 0.448. The van der Waals surface area contributed by atoms with Crippen LogP contribution in [0.15, 0.2) is 65.1 Å². The lowest BCUT2D eigenvalue weighted by molar-refractivity contribution is -0.121. The van der Waals surface area contributed by atoms with E-state index in [0.29, 0.717) is 30.1 Å². The maximum absolute atomic E-state index is 13.2. The van der Waals surface area contributed by atoms with Gasteiger partial charge in [-0.05, 0) is 67.0 Å². The van der Waals surface area contributed by atoms with Crippen LogP contribution in [0, 0.1) is 0 Å². The number of carbonyl (C=O) groups is 2. The number of amides is 2. The Bertz CT molecular complexity index is 1060. The minimum Gasteiger partial charge on any atom is -0.369 e. The fourth-order valence-corrected chi connectivity index (χ4v) is 5.00. The number of halogens is 1. The standard InChI is InChI=1S/C29H38ClN3O3S/c1-5-24(6-2)36-27-16-22(29(35)32-18-20-7-11-23(30)12-8-20)15-26(28(27)33-19(3)34)31-17-21-9-13-25(37-4)14-10-21/h7-14,16,24,26-28,31H,5-6,15,17-18H2,1-4H3,(H,32,35)(H,33,34)/t26-,27+,28+/m0/s1. The Morgan fingerprint density at radius 2 is 1.65 bits per heavy atom. The van der Waals surface area contributed by atoms with Crippen molar-refractivity contribution in [2.24, 2.45) is 0 Å². The van der Waals surface area contributed by atoms with Gasteiger partial charge in [0.2, 0.25) is 11.8 Å². The van der Waals surface area contributed by atoms with Gasteiger partial charge >= 0.3 is 0 Å². The minimum absolute atomic E-state index is 0.0359. The highest BCUT2D eigenvalue weighted by Crippen LogP contribution is 2.25. The molecule has 0 bridgehead atoms. The molecule has 0 radical (unpaired) electrons. The first-order chi connectivity index (χ1) is 17.8. The summed E-state index contributed by atoms with van der Waals surface area (Å²) < 4.78 is 6.44. The van der Waals surface area contributed by atoms with Crippen molar-refractivity contribution >= 4 is 35.2 Å². The molecule has 0 heterocycles. The number of nitrogens with one attached hydrogen (secondary N) is 3. The molecule has 0 aliphatic heterocycles. The zero-order valence-corrected chi connectivity index (χ0v) is 23.6. The van der Waals surface area contributed by atoms with Gasteiger partial charge in [-0.25, -0.2) is 0 Å². The first kappa shape index (κ1) is 29.2. The zero-order chi connectivity index (χ0) is 26.8. The Morgan fingerprint density at radius 1 is 1.03 bits per heavy atom. The van der Waals surface area contributed by atoms with Gasteiger partial charge in [-0.2, -0.15) is 0 Å². The molecule has 2 amide bonds. The van der Waals surface area contributed by atoms with Crippen LogP contribution in [-0.4, -0.2) is 42.4 Å². The van der Waals surface area contributed by atoms with Gasteiger partial charge in [0.05, 0.1) is 18.2 Å². The highest BCUT2D eigenvalue weighted by molar-refractivity contribution is 7.98. The molecule has 6 nitrogen and oxygen atoms in total. The van der Waals surface area contributed by atoms with E-state index in [4.69, 9.17) is 16.3 Å². The number of rotatable bonds is 12. The van der Waals surface area contributed by atoms with E-state index in [9.17, 15) is 9.59 Å². The van der Waals surface area contributed by atoms with Gasteiger partial charge in [-0.15, -0.1) is 11.8 Å². The molecule has 0 unspecified atom stereocenters. The van der Waals surface area contributed by atoms with Crippen LogP contribution in [0.25, 0.3) is 0 Å². The maximum atomic E-state index is 13.2. The second kappa shape index (κ2) is 14.6. The number of hydrogen-bond acceptors (Lipinski definition) is 5.